The van der Waals surface area contributed by atoms with Crippen molar-refractivity contribution in [2.75, 3.05) is 5.32 Å². The molecule has 1 unspecified atom stereocenters. The molecular weight excluding hydrogens is 192 g/mol. The minimum absolute atomic E-state index is 0.261. The molecule has 0 radical (unpaired) electrons. The van der Waals surface area contributed by atoms with Gasteiger partial charge < -0.3 is 10.4 Å². The van der Waals surface area contributed by atoms with Crippen LogP contribution in [-0.4, -0.2) is 22.1 Å². The van der Waals surface area contributed by atoms with E-state index in [4.69, 9.17) is 5.11 Å². The van der Waals surface area contributed by atoms with Gasteiger partial charge in [0, 0.05) is 12.2 Å². The van der Waals surface area contributed by atoms with Gasteiger partial charge in [-0.3, -0.25) is 4.98 Å². The number of rotatable bonds is 5. The molecular formula is C11H16N2O2. The number of hydrogen-bond acceptors (Lipinski definition) is 3. The Morgan fingerprint density at radius 2 is 2.40 bits per heavy atom. The molecule has 1 heterocycles. The van der Waals surface area contributed by atoms with Crippen LogP contribution < -0.4 is 5.32 Å². The molecule has 0 bridgehead atoms. The lowest BCUT2D eigenvalue weighted by molar-refractivity contribution is 0.0698. The average molecular weight is 208 g/mol. The molecule has 0 amide bonds. The molecule has 1 aromatic heterocycles. The highest BCUT2D eigenvalue weighted by atomic mass is 16.4. The minimum atomic E-state index is -0.927. The highest BCUT2D eigenvalue weighted by molar-refractivity contribution is 5.93. The van der Waals surface area contributed by atoms with Crippen molar-refractivity contribution in [1.82, 2.24) is 4.98 Å². The van der Waals surface area contributed by atoms with E-state index in [1.54, 1.807) is 6.20 Å². The van der Waals surface area contributed by atoms with E-state index in [2.05, 4.69) is 17.2 Å². The van der Waals surface area contributed by atoms with E-state index in [1.165, 1.54) is 12.3 Å². The SMILES string of the molecule is CCCC(C)Nc1cnccc1C(=O)O. The van der Waals surface area contributed by atoms with Crippen LogP contribution in [0.3, 0.4) is 0 Å². The zero-order valence-electron chi connectivity index (χ0n) is 9.03. The summed E-state index contributed by atoms with van der Waals surface area (Å²) in [5, 5.41) is 12.1. The molecule has 0 aromatic carbocycles. The molecule has 1 aromatic rings. The third kappa shape index (κ3) is 3.23. The largest absolute Gasteiger partial charge is 0.478 e. The second kappa shape index (κ2) is 5.34. The quantitative estimate of drug-likeness (QED) is 0.779. The number of anilines is 1. The van der Waals surface area contributed by atoms with Gasteiger partial charge in [-0.2, -0.15) is 0 Å². The van der Waals surface area contributed by atoms with Gasteiger partial charge in [0.05, 0.1) is 17.4 Å². The van der Waals surface area contributed by atoms with Crippen LogP contribution in [0.15, 0.2) is 18.5 Å². The number of carbonyl (C=O) groups is 1. The van der Waals surface area contributed by atoms with Crippen molar-refractivity contribution in [3.63, 3.8) is 0 Å². The standard InChI is InChI=1S/C11H16N2O2/c1-3-4-8(2)13-10-7-12-6-5-9(10)11(14)15/h5-8,13H,3-4H2,1-2H3,(H,14,15). The van der Waals surface area contributed by atoms with Crippen molar-refractivity contribution < 1.29 is 9.90 Å². The Balaban J connectivity index is 2.79. The van der Waals surface area contributed by atoms with Crippen molar-refractivity contribution in [2.45, 2.75) is 32.7 Å². The Kier molecular flexibility index (Phi) is 4.09. The van der Waals surface area contributed by atoms with E-state index in [0.717, 1.165) is 12.8 Å². The number of pyridine rings is 1. The van der Waals surface area contributed by atoms with Gasteiger partial charge in [0.15, 0.2) is 0 Å². The van der Waals surface area contributed by atoms with Gasteiger partial charge >= 0.3 is 5.97 Å². The Morgan fingerprint density at radius 3 is 3.00 bits per heavy atom. The van der Waals surface area contributed by atoms with Crippen LogP contribution in [0.5, 0.6) is 0 Å². The summed E-state index contributed by atoms with van der Waals surface area (Å²) in [6.45, 7) is 4.13. The number of nitrogens with one attached hydrogen (secondary N) is 1. The first-order valence-electron chi connectivity index (χ1n) is 5.09. The molecule has 0 fully saturated rings. The third-order valence-electron chi connectivity index (χ3n) is 2.18. The molecule has 0 aliphatic heterocycles. The number of carboxylic acid groups (broad SMARTS) is 1. The number of aromatic carboxylic acids is 1. The Morgan fingerprint density at radius 1 is 1.67 bits per heavy atom. The van der Waals surface area contributed by atoms with Crippen LogP contribution in [0, 0.1) is 0 Å². The third-order valence-corrected chi connectivity index (χ3v) is 2.18. The first-order valence-corrected chi connectivity index (χ1v) is 5.09. The lowest BCUT2D eigenvalue weighted by atomic mass is 10.1. The van der Waals surface area contributed by atoms with Crippen LogP contribution in [0.4, 0.5) is 5.69 Å². The van der Waals surface area contributed by atoms with E-state index in [-0.39, 0.29) is 11.6 Å². The molecule has 82 valence electrons. The van der Waals surface area contributed by atoms with Gasteiger partial charge in [-0.15, -0.1) is 0 Å². The lowest BCUT2D eigenvalue weighted by Gasteiger charge is -2.15. The van der Waals surface area contributed by atoms with E-state index >= 15 is 0 Å². The second-order valence-corrected chi connectivity index (χ2v) is 3.56. The summed E-state index contributed by atoms with van der Waals surface area (Å²) in [6, 6.07) is 1.76. The molecule has 2 N–H and O–H groups in total. The zero-order valence-corrected chi connectivity index (χ0v) is 9.03. The molecule has 4 nitrogen and oxygen atoms in total. The average Bonchev–Trinajstić information content (AvgIpc) is 2.18. The Labute approximate surface area is 89.3 Å². The second-order valence-electron chi connectivity index (χ2n) is 3.56. The first kappa shape index (κ1) is 11.5. The van der Waals surface area contributed by atoms with Crippen molar-refractivity contribution in [1.29, 1.82) is 0 Å². The van der Waals surface area contributed by atoms with Crippen molar-refractivity contribution in [3.05, 3.63) is 24.0 Å². The monoisotopic (exact) mass is 208 g/mol. The summed E-state index contributed by atoms with van der Waals surface area (Å²) in [6.07, 6.45) is 5.11. The lowest BCUT2D eigenvalue weighted by Crippen LogP contribution is -2.17. The number of aromatic nitrogens is 1. The molecule has 1 atom stereocenters. The van der Waals surface area contributed by atoms with Crippen LogP contribution in [-0.2, 0) is 0 Å². The number of nitrogens with zero attached hydrogens (tertiary/aromatic N) is 1. The number of hydrogen-bond donors (Lipinski definition) is 2. The maximum absolute atomic E-state index is 10.9. The predicted octanol–water partition coefficient (Wildman–Crippen LogP) is 2.38. The van der Waals surface area contributed by atoms with Gasteiger partial charge in [0.25, 0.3) is 0 Å². The van der Waals surface area contributed by atoms with E-state index < -0.39 is 5.97 Å². The summed E-state index contributed by atoms with van der Waals surface area (Å²) >= 11 is 0. The fraction of sp³-hybridized carbons (Fsp3) is 0.455. The maximum Gasteiger partial charge on any atom is 0.337 e. The summed E-state index contributed by atoms with van der Waals surface area (Å²) in [4.78, 5) is 14.8. The molecule has 0 aliphatic rings. The maximum atomic E-state index is 10.9. The molecule has 4 heteroatoms. The fourth-order valence-corrected chi connectivity index (χ4v) is 1.47. The fourth-order valence-electron chi connectivity index (χ4n) is 1.47. The number of carboxylic acids is 1. The van der Waals surface area contributed by atoms with E-state index in [9.17, 15) is 4.79 Å². The Hall–Kier alpha value is -1.58. The van der Waals surface area contributed by atoms with Gasteiger partial charge in [0.1, 0.15) is 0 Å². The van der Waals surface area contributed by atoms with E-state index in [0.29, 0.717) is 5.69 Å². The van der Waals surface area contributed by atoms with Gasteiger partial charge in [-0.05, 0) is 19.4 Å². The van der Waals surface area contributed by atoms with Gasteiger partial charge in [-0.1, -0.05) is 13.3 Å². The van der Waals surface area contributed by atoms with Crippen LogP contribution in [0.25, 0.3) is 0 Å². The summed E-state index contributed by atoms with van der Waals surface area (Å²) in [5.41, 5.74) is 0.860. The molecule has 0 spiro atoms. The molecule has 0 saturated heterocycles. The molecule has 0 aliphatic carbocycles. The van der Waals surface area contributed by atoms with Crippen molar-refractivity contribution in [2.24, 2.45) is 0 Å². The van der Waals surface area contributed by atoms with E-state index in [1.807, 2.05) is 6.92 Å². The molecule has 0 saturated carbocycles. The highest BCUT2D eigenvalue weighted by Gasteiger charge is 2.10. The Bertz CT molecular complexity index is 339. The molecule has 15 heavy (non-hydrogen) atoms. The highest BCUT2D eigenvalue weighted by Crippen LogP contribution is 2.15. The normalized spacial score (nSPS) is 12.1. The summed E-state index contributed by atoms with van der Waals surface area (Å²) in [7, 11) is 0. The van der Waals surface area contributed by atoms with Gasteiger partial charge in [0.2, 0.25) is 0 Å². The zero-order chi connectivity index (χ0) is 11.3. The smallest absolute Gasteiger partial charge is 0.337 e. The first-order chi connectivity index (χ1) is 7.15. The van der Waals surface area contributed by atoms with Crippen LogP contribution in [0.1, 0.15) is 37.0 Å². The van der Waals surface area contributed by atoms with Crippen LogP contribution >= 0.6 is 0 Å². The van der Waals surface area contributed by atoms with Crippen molar-refractivity contribution in [3.8, 4) is 0 Å². The summed E-state index contributed by atoms with van der Waals surface area (Å²) < 4.78 is 0. The minimum Gasteiger partial charge on any atom is -0.478 e. The van der Waals surface area contributed by atoms with Gasteiger partial charge in [-0.25, -0.2) is 4.79 Å². The van der Waals surface area contributed by atoms with Crippen molar-refractivity contribution >= 4 is 11.7 Å². The van der Waals surface area contributed by atoms with Crippen LogP contribution in [0.2, 0.25) is 0 Å². The predicted molar refractivity (Wildman–Crippen MR) is 59.2 cm³/mol. The summed E-state index contributed by atoms with van der Waals surface area (Å²) in [5.74, 6) is -0.927. The topological polar surface area (TPSA) is 62.2 Å². The molecule has 1 rings (SSSR count).